The minimum Gasteiger partial charge on any atom is -0.352 e. The van der Waals surface area contributed by atoms with Gasteiger partial charge in [0.1, 0.15) is 0 Å². The molecule has 5 nitrogen and oxygen atoms in total. The van der Waals surface area contributed by atoms with Crippen LogP contribution in [0.5, 0.6) is 0 Å². The number of benzene rings is 1. The van der Waals surface area contributed by atoms with E-state index in [-0.39, 0.29) is 0 Å². The van der Waals surface area contributed by atoms with Gasteiger partial charge in [0.05, 0.1) is 12.2 Å². The maximum atomic E-state index is 4.32. The SMILES string of the molecule is CCN(CC)Cc1ccccc1CNC(=NC)NCc1ccccn1. The summed E-state index contributed by atoms with van der Waals surface area (Å²) in [4.78, 5) is 11.0. The van der Waals surface area contributed by atoms with Crippen molar-refractivity contribution in [2.45, 2.75) is 33.5 Å². The Labute approximate surface area is 151 Å². The molecule has 0 aliphatic rings. The fourth-order valence-corrected chi connectivity index (χ4v) is 2.65. The summed E-state index contributed by atoms with van der Waals surface area (Å²) in [6, 6.07) is 14.5. The zero-order valence-corrected chi connectivity index (χ0v) is 15.5. The highest BCUT2D eigenvalue weighted by Crippen LogP contribution is 2.11. The molecule has 1 heterocycles. The monoisotopic (exact) mass is 339 g/mol. The number of rotatable bonds is 8. The second-order valence-corrected chi connectivity index (χ2v) is 5.83. The molecular weight excluding hydrogens is 310 g/mol. The summed E-state index contributed by atoms with van der Waals surface area (Å²) in [6.07, 6.45) is 1.80. The van der Waals surface area contributed by atoms with Crippen LogP contribution < -0.4 is 10.6 Å². The molecule has 25 heavy (non-hydrogen) atoms. The summed E-state index contributed by atoms with van der Waals surface area (Å²) in [5, 5.41) is 6.70. The molecule has 0 aliphatic carbocycles. The van der Waals surface area contributed by atoms with Crippen LogP contribution in [-0.2, 0) is 19.6 Å². The first-order valence-corrected chi connectivity index (χ1v) is 8.90. The Morgan fingerprint density at radius 2 is 1.64 bits per heavy atom. The molecule has 1 aromatic carbocycles. The van der Waals surface area contributed by atoms with Crippen molar-refractivity contribution in [3.05, 3.63) is 65.5 Å². The standard InChI is InChI=1S/C20H29N5/c1-4-25(5-2)16-18-11-7-6-10-17(18)14-23-20(21-3)24-15-19-12-8-9-13-22-19/h6-13H,4-5,14-16H2,1-3H3,(H2,21,23,24). The lowest BCUT2D eigenvalue weighted by Gasteiger charge is -2.20. The highest BCUT2D eigenvalue weighted by atomic mass is 15.2. The van der Waals surface area contributed by atoms with Gasteiger partial charge in [-0.2, -0.15) is 0 Å². The molecule has 0 fully saturated rings. The Bertz CT molecular complexity index is 650. The minimum absolute atomic E-state index is 0.654. The number of nitrogens with zero attached hydrogens (tertiary/aromatic N) is 3. The minimum atomic E-state index is 0.654. The van der Waals surface area contributed by atoms with E-state index in [2.05, 4.69) is 63.6 Å². The molecule has 0 aliphatic heterocycles. The van der Waals surface area contributed by atoms with Gasteiger partial charge in [-0.3, -0.25) is 14.9 Å². The van der Waals surface area contributed by atoms with Crippen LogP contribution in [0.3, 0.4) is 0 Å². The van der Waals surface area contributed by atoms with Gasteiger partial charge in [-0.25, -0.2) is 0 Å². The lowest BCUT2D eigenvalue weighted by Crippen LogP contribution is -2.36. The average Bonchev–Trinajstić information content (AvgIpc) is 2.68. The molecule has 0 amide bonds. The Morgan fingerprint density at radius 1 is 0.960 bits per heavy atom. The van der Waals surface area contributed by atoms with Gasteiger partial charge in [-0.05, 0) is 36.3 Å². The Kier molecular flexibility index (Phi) is 7.92. The molecule has 0 spiro atoms. The molecule has 0 unspecified atom stereocenters. The third-order valence-electron chi connectivity index (χ3n) is 4.24. The van der Waals surface area contributed by atoms with E-state index >= 15 is 0 Å². The second kappa shape index (κ2) is 10.5. The van der Waals surface area contributed by atoms with Crippen molar-refractivity contribution in [2.75, 3.05) is 20.1 Å². The summed E-state index contributed by atoms with van der Waals surface area (Å²) in [7, 11) is 1.79. The van der Waals surface area contributed by atoms with E-state index in [0.29, 0.717) is 6.54 Å². The molecule has 0 radical (unpaired) electrons. The van der Waals surface area contributed by atoms with E-state index in [1.54, 1.807) is 13.2 Å². The highest BCUT2D eigenvalue weighted by Gasteiger charge is 2.07. The lowest BCUT2D eigenvalue weighted by molar-refractivity contribution is 0.295. The fourth-order valence-electron chi connectivity index (χ4n) is 2.65. The van der Waals surface area contributed by atoms with Gasteiger partial charge in [-0.15, -0.1) is 0 Å². The molecule has 0 bridgehead atoms. The van der Waals surface area contributed by atoms with Gasteiger partial charge in [0.15, 0.2) is 5.96 Å². The van der Waals surface area contributed by atoms with Crippen LogP contribution in [0.4, 0.5) is 0 Å². The molecule has 0 saturated heterocycles. The van der Waals surface area contributed by atoms with Crippen LogP contribution >= 0.6 is 0 Å². The first kappa shape index (κ1) is 18.9. The van der Waals surface area contributed by atoms with Crippen LogP contribution in [0.25, 0.3) is 0 Å². The van der Waals surface area contributed by atoms with Gasteiger partial charge in [0, 0.05) is 26.3 Å². The second-order valence-electron chi connectivity index (χ2n) is 5.83. The van der Waals surface area contributed by atoms with Gasteiger partial charge in [-0.1, -0.05) is 44.2 Å². The Hall–Kier alpha value is -2.40. The smallest absolute Gasteiger partial charge is 0.191 e. The number of nitrogens with one attached hydrogen (secondary N) is 2. The van der Waals surface area contributed by atoms with E-state index in [1.807, 2.05) is 18.2 Å². The lowest BCUT2D eigenvalue weighted by atomic mass is 10.1. The number of pyridine rings is 1. The van der Waals surface area contributed by atoms with Gasteiger partial charge in [0.25, 0.3) is 0 Å². The number of aliphatic imine (C=N–C) groups is 1. The maximum absolute atomic E-state index is 4.32. The van der Waals surface area contributed by atoms with E-state index in [9.17, 15) is 0 Å². The van der Waals surface area contributed by atoms with E-state index < -0.39 is 0 Å². The molecule has 0 saturated carbocycles. The number of guanidine groups is 1. The van der Waals surface area contributed by atoms with E-state index in [1.165, 1.54) is 11.1 Å². The molecule has 2 rings (SSSR count). The van der Waals surface area contributed by atoms with E-state index in [0.717, 1.165) is 37.8 Å². The predicted molar refractivity (Wildman–Crippen MR) is 104 cm³/mol. The molecular formula is C20H29N5. The van der Waals surface area contributed by atoms with Crippen molar-refractivity contribution < 1.29 is 0 Å². The van der Waals surface area contributed by atoms with Gasteiger partial charge >= 0.3 is 0 Å². The Balaban J connectivity index is 1.92. The topological polar surface area (TPSA) is 52.5 Å². The van der Waals surface area contributed by atoms with Crippen LogP contribution in [0.15, 0.2) is 53.7 Å². The van der Waals surface area contributed by atoms with Crippen LogP contribution in [0.1, 0.15) is 30.7 Å². The molecule has 2 aromatic rings. The average molecular weight is 339 g/mol. The van der Waals surface area contributed by atoms with Crippen molar-refractivity contribution >= 4 is 5.96 Å². The molecule has 0 atom stereocenters. The number of aromatic nitrogens is 1. The maximum Gasteiger partial charge on any atom is 0.191 e. The third kappa shape index (κ3) is 6.19. The van der Waals surface area contributed by atoms with Gasteiger partial charge < -0.3 is 10.6 Å². The number of hydrogen-bond acceptors (Lipinski definition) is 3. The van der Waals surface area contributed by atoms with Crippen LogP contribution in [0, 0.1) is 0 Å². The summed E-state index contributed by atoms with van der Waals surface area (Å²) >= 11 is 0. The molecule has 2 N–H and O–H groups in total. The van der Waals surface area contributed by atoms with Crippen LogP contribution in [-0.4, -0.2) is 36.0 Å². The third-order valence-corrected chi connectivity index (χ3v) is 4.24. The van der Waals surface area contributed by atoms with Crippen molar-refractivity contribution in [2.24, 2.45) is 4.99 Å². The zero-order valence-electron chi connectivity index (χ0n) is 15.5. The Morgan fingerprint density at radius 3 is 2.28 bits per heavy atom. The van der Waals surface area contributed by atoms with E-state index in [4.69, 9.17) is 0 Å². The summed E-state index contributed by atoms with van der Waals surface area (Å²) < 4.78 is 0. The summed E-state index contributed by atoms with van der Waals surface area (Å²) in [5.74, 6) is 0.781. The molecule has 1 aromatic heterocycles. The molecule has 5 heteroatoms. The van der Waals surface area contributed by atoms with Crippen molar-refractivity contribution in [3.8, 4) is 0 Å². The van der Waals surface area contributed by atoms with Crippen molar-refractivity contribution in [3.63, 3.8) is 0 Å². The fraction of sp³-hybridized carbons (Fsp3) is 0.400. The quantitative estimate of drug-likeness (QED) is 0.574. The predicted octanol–water partition coefficient (Wildman–Crippen LogP) is 2.79. The first-order valence-electron chi connectivity index (χ1n) is 8.90. The van der Waals surface area contributed by atoms with Crippen molar-refractivity contribution in [1.29, 1.82) is 0 Å². The highest BCUT2D eigenvalue weighted by molar-refractivity contribution is 5.79. The first-order chi connectivity index (χ1) is 12.3. The van der Waals surface area contributed by atoms with Gasteiger partial charge in [0.2, 0.25) is 0 Å². The summed E-state index contributed by atoms with van der Waals surface area (Å²) in [6.45, 7) is 8.91. The number of hydrogen-bond donors (Lipinski definition) is 2. The van der Waals surface area contributed by atoms with Crippen LogP contribution in [0.2, 0.25) is 0 Å². The largest absolute Gasteiger partial charge is 0.352 e. The zero-order chi connectivity index (χ0) is 17.9. The normalized spacial score (nSPS) is 11.6. The molecule has 134 valence electrons. The van der Waals surface area contributed by atoms with Crippen molar-refractivity contribution in [1.82, 2.24) is 20.5 Å². The summed E-state index contributed by atoms with van der Waals surface area (Å²) in [5.41, 5.74) is 3.65.